The largest absolute Gasteiger partial charge is 0.409 e. The Morgan fingerprint density at radius 3 is 1.79 bits per heavy atom. The second-order valence-electron chi connectivity index (χ2n) is 9.04. The van der Waals surface area contributed by atoms with Crippen LogP contribution in [-0.2, 0) is 0 Å². The van der Waals surface area contributed by atoms with Crippen LogP contribution in [0, 0.1) is 11.8 Å². The van der Waals surface area contributed by atoms with Crippen LogP contribution < -0.4 is 0 Å². The predicted octanol–water partition coefficient (Wildman–Crippen LogP) is 8.54. The first-order valence-corrected chi connectivity index (χ1v) is 11.3. The van der Waals surface area contributed by atoms with Gasteiger partial charge in [-0.05, 0) is 86.2 Å². The quantitative estimate of drug-likeness (QED) is 0.425. The van der Waals surface area contributed by atoms with Crippen molar-refractivity contribution in [3.05, 3.63) is 47.5 Å². The lowest BCUT2D eigenvalue weighted by Gasteiger charge is -2.30. The molecule has 0 nitrogen and oxygen atoms in total. The van der Waals surface area contributed by atoms with E-state index in [1.54, 1.807) is 0 Å². The third kappa shape index (κ3) is 6.39. The van der Waals surface area contributed by atoms with Crippen molar-refractivity contribution in [2.75, 3.05) is 0 Å². The van der Waals surface area contributed by atoms with E-state index < -0.39 is 6.18 Å². The van der Waals surface area contributed by atoms with Crippen LogP contribution in [0.4, 0.5) is 13.2 Å². The molecule has 0 N–H and O–H groups in total. The van der Waals surface area contributed by atoms with Crippen molar-refractivity contribution >= 4 is 0 Å². The molecule has 0 unspecified atom stereocenters. The monoisotopic (exact) mass is 392 g/mol. The lowest BCUT2D eigenvalue weighted by molar-refractivity contribution is -0.0803. The first-order valence-electron chi connectivity index (χ1n) is 11.3. The first kappa shape index (κ1) is 21.5. The van der Waals surface area contributed by atoms with Crippen molar-refractivity contribution in [1.29, 1.82) is 0 Å². The molecule has 0 heterocycles. The van der Waals surface area contributed by atoms with Gasteiger partial charge in [0.2, 0.25) is 0 Å². The summed E-state index contributed by atoms with van der Waals surface area (Å²) >= 11 is 0. The second kappa shape index (κ2) is 9.98. The van der Waals surface area contributed by atoms with Gasteiger partial charge in [0.15, 0.2) is 0 Å². The minimum Gasteiger partial charge on any atom is -0.167 e. The maximum atomic E-state index is 12.3. The molecule has 0 atom stereocenters. The Bertz CT molecular complexity index is 598. The van der Waals surface area contributed by atoms with E-state index >= 15 is 0 Å². The maximum absolute atomic E-state index is 12.3. The number of benzene rings is 1. The van der Waals surface area contributed by atoms with Crippen LogP contribution in [0.25, 0.3) is 0 Å². The Balaban J connectivity index is 1.47. The van der Waals surface area contributed by atoms with Crippen LogP contribution >= 0.6 is 0 Å². The minimum absolute atomic E-state index is 0.0834. The molecule has 28 heavy (non-hydrogen) atoms. The minimum atomic E-state index is -4.18. The second-order valence-corrected chi connectivity index (χ2v) is 9.04. The number of alkyl halides is 3. The normalized spacial score (nSPS) is 29.3. The van der Waals surface area contributed by atoms with Crippen molar-refractivity contribution in [2.24, 2.45) is 11.8 Å². The van der Waals surface area contributed by atoms with Crippen molar-refractivity contribution in [3.8, 4) is 0 Å². The van der Waals surface area contributed by atoms with E-state index in [9.17, 15) is 13.2 Å². The fourth-order valence-electron chi connectivity index (χ4n) is 5.21. The molecule has 1 aromatic rings. The fourth-order valence-corrected chi connectivity index (χ4v) is 5.21. The summed E-state index contributed by atoms with van der Waals surface area (Å²) in [6, 6.07) is 9.22. The zero-order chi connectivity index (χ0) is 20.0. The lowest BCUT2D eigenvalue weighted by atomic mass is 9.76. The van der Waals surface area contributed by atoms with Crippen molar-refractivity contribution < 1.29 is 13.2 Å². The molecule has 0 bridgehead atoms. The maximum Gasteiger partial charge on any atom is 0.409 e. The van der Waals surface area contributed by atoms with Gasteiger partial charge in [0.05, 0.1) is 0 Å². The number of hydrogen-bond acceptors (Lipinski definition) is 0. The molecule has 1 aromatic carbocycles. The van der Waals surface area contributed by atoms with Crippen molar-refractivity contribution in [1.82, 2.24) is 0 Å². The van der Waals surface area contributed by atoms with Gasteiger partial charge in [-0.3, -0.25) is 0 Å². The zero-order valence-corrected chi connectivity index (χ0v) is 17.2. The Labute approximate surface area is 168 Å². The van der Waals surface area contributed by atoms with Gasteiger partial charge in [-0.2, -0.15) is 13.2 Å². The summed E-state index contributed by atoms with van der Waals surface area (Å²) in [5.74, 6) is 2.25. The molecule has 2 saturated carbocycles. The Morgan fingerprint density at radius 1 is 0.821 bits per heavy atom. The standard InChI is InChI=1S/C25H35F3/c1-2-3-4-19-5-9-21(10-6-19)23-13-15-24(16-14-23)22-11-7-20(8-12-22)17-18-25(26,27)28/h13-22H,2-12H2,1H3/t19-,20-,21-,22-. The van der Waals surface area contributed by atoms with E-state index in [0.717, 1.165) is 37.5 Å². The molecular weight excluding hydrogens is 357 g/mol. The molecule has 3 heteroatoms. The van der Waals surface area contributed by atoms with E-state index in [-0.39, 0.29) is 5.92 Å². The van der Waals surface area contributed by atoms with Gasteiger partial charge in [-0.1, -0.05) is 56.5 Å². The molecule has 2 aliphatic carbocycles. The summed E-state index contributed by atoms with van der Waals surface area (Å²) in [7, 11) is 0. The number of allylic oxidation sites excluding steroid dienone is 2. The van der Waals surface area contributed by atoms with Gasteiger partial charge in [0, 0.05) is 6.08 Å². The van der Waals surface area contributed by atoms with E-state index in [0.29, 0.717) is 12.0 Å². The summed E-state index contributed by atoms with van der Waals surface area (Å²) in [5.41, 5.74) is 2.86. The molecule has 0 aromatic heterocycles. The van der Waals surface area contributed by atoms with Crippen molar-refractivity contribution in [2.45, 2.75) is 95.6 Å². The van der Waals surface area contributed by atoms with Gasteiger partial charge >= 0.3 is 6.18 Å². The summed E-state index contributed by atoms with van der Waals surface area (Å²) in [6.45, 7) is 2.28. The number of halogens is 3. The Hall–Kier alpha value is -1.25. The summed E-state index contributed by atoms with van der Waals surface area (Å²) < 4.78 is 37.0. The summed E-state index contributed by atoms with van der Waals surface area (Å²) in [4.78, 5) is 0. The highest BCUT2D eigenvalue weighted by atomic mass is 19.4. The predicted molar refractivity (Wildman–Crippen MR) is 111 cm³/mol. The molecule has 2 aliphatic rings. The van der Waals surface area contributed by atoms with Crippen LogP contribution in [0.5, 0.6) is 0 Å². The topological polar surface area (TPSA) is 0 Å². The molecule has 2 fully saturated rings. The molecule has 0 spiro atoms. The van der Waals surface area contributed by atoms with Gasteiger partial charge < -0.3 is 0 Å². The fraction of sp³-hybridized carbons (Fsp3) is 0.680. The third-order valence-electron chi connectivity index (χ3n) is 7.02. The molecule has 156 valence electrons. The van der Waals surface area contributed by atoms with E-state index in [1.807, 2.05) is 0 Å². The smallest absolute Gasteiger partial charge is 0.167 e. The van der Waals surface area contributed by atoms with Crippen LogP contribution in [-0.4, -0.2) is 6.18 Å². The average Bonchev–Trinajstić information content (AvgIpc) is 2.71. The molecule has 0 radical (unpaired) electrons. The van der Waals surface area contributed by atoms with E-state index in [1.165, 1.54) is 62.1 Å². The van der Waals surface area contributed by atoms with Crippen LogP contribution in [0.1, 0.15) is 101 Å². The first-order chi connectivity index (χ1) is 13.4. The average molecular weight is 393 g/mol. The van der Waals surface area contributed by atoms with Gasteiger partial charge in [-0.25, -0.2) is 0 Å². The van der Waals surface area contributed by atoms with Gasteiger partial charge in [-0.15, -0.1) is 0 Å². The zero-order valence-electron chi connectivity index (χ0n) is 17.2. The van der Waals surface area contributed by atoms with E-state index in [2.05, 4.69) is 31.2 Å². The van der Waals surface area contributed by atoms with Crippen LogP contribution in [0.2, 0.25) is 0 Å². The number of rotatable bonds is 6. The summed E-state index contributed by atoms with van der Waals surface area (Å²) in [6.07, 6.45) is 10.8. The third-order valence-corrected chi connectivity index (χ3v) is 7.02. The van der Waals surface area contributed by atoms with Crippen LogP contribution in [0.15, 0.2) is 36.4 Å². The van der Waals surface area contributed by atoms with Gasteiger partial charge in [0.1, 0.15) is 0 Å². The molecule has 0 aliphatic heterocycles. The number of hydrogen-bond donors (Lipinski definition) is 0. The molecule has 0 saturated heterocycles. The molecular formula is C25H35F3. The lowest BCUT2D eigenvalue weighted by Crippen LogP contribution is -2.14. The highest BCUT2D eigenvalue weighted by Gasteiger charge is 2.26. The van der Waals surface area contributed by atoms with Crippen LogP contribution in [0.3, 0.4) is 0 Å². The molecule has 0 amide bonds. The Kier molecular flexibility index (Phi) is 7.65. The summed E-state index contributed by atoms with van der Waals surface area (Å²) in [5, 5.41) is 0. The highest BCUT2D eigenvalue weighted by Crippen LogP contribution is 2.40. The SMILES string of the molecule is CCCC[C@H]1CC[C@H](c2ccc([C@H]3CC[C@H](C=CC(F)(F)F)CC3)cc2)CC1. The molecule has 3 rings (SSSR count). The number of unbranched alkanes of at least 4 members (excludes halogenated alkanes) is 1. The Morgan fingerprint density at radius 2 is 1.32 bits per heavy atom. The van der Waals surface area contributed by atoms with Gasteiger partial charge in [0.25, 0.3) is 0 Å². The van der Waals surface area contributed by atoms with Crippen molar-refractivity contribution in [3.63, 3.8) is 0 Å². The highest BCUT2D eigenvalue weighted by molar-refractivity contribution is 5.28. The van der Waals surface area contributed by atoms with E-state index in [4.69, 9.17) is 0 Å².